The van der Waals surface area contributed by atoms with E-state index in [4.69, 9.17) is 5.73 Å². The van der Waals surface area contributed by atoms with Crippen molar-refractivity contribution in [3.05, 3.63) is 0 Å². The largest absolute Gasteiger partial charge is 0.355 e. The zero-order chi connectivity index (χ0) is 9.40. The molecule has 0 fully saturated rings. The van der Waals surface area contributed by atoms with E-state index >= 15 is 0 Å². The second kappa shape index (κ2) is 7.12. The number of nitrogens with two attached hydrogens (primary N) is 1. The van der Waals surface area contributed by atoms with Crippen molar-refractivity contribution >= 4 is 25.3 Å². The van der Waals surface area contributed by atoms with Gasteiger partial charge in [0.1, 0.15) is 0 Å². The van der Waals surface area contributed by atoms with Gasteiger partial charge in [-0.1, -0.05) is 0 Å². The molecule has 0 aliphatic rings. The molecular formula is C7H15N3OS. The molecule has 0 saturated heterocycles. The first kappa shape index (κ1) is 11.4. The first-order chi connectivity index (χ1) is 5.72. The number of carbonyl (C=O) groups is 1. The van der Waals surface area contributed by atoms with Crippen LogP contribution in [0.3, 0.4) is 0 Å². The fourth-order valence-electron chi connectivity index (χ4n) is 0.616. The van der Waals surface area contributed by atoms with Crippen LogP contribution in [-0.4, -0.2) is 37.5 Å². The number of nitrogens with zero attached hydrogens (tertiary/aromatic N) is 1. The van der Waals surface area contributed by atoms with Crippen LogP contribution in [0, 0.1) is 0 Å². The van der Waals surface area contributed by atoms with Crippen molar-refractivity contribution in [3.8, 4) is 0 Å². The van der Waals surface area contributed by atoms with Crippen LogP contribution in [0.4, 0.5) is 0 Å². The van der Waals surface area contributed by atoms with Crippen LogP contribution >= 0.6 is 12.6 Å². The van der Waals surface area contributed by atoms with E-state index in [1.807, 2.05) is 0 Å². The average molecular weight is 189 g/mol. The van der Waals surface area contributed by atoms with Gasteiger partial charge in [0.2, 0.25) is 5.91 Å². The Morgan fingerprint density at radius 3 is 2.92 bits per heavy atom. The van der Waals surface area contributed by atoms with E-state index in [9.17, 15) is 4.79 Å². The van der Waals surface area contributed by atoms with Crippen LogP contribution in [0.1, 0.15) is 6.42 Å². The van der Waals surface area contributed by atoms with E-state index < -0.39 is 6.04 Å². The van der Waals surface area contributed by atoms with Gasteiger partial charge in [-0.25, -0.2) is 0 Å². The molecule has 0 rings (SSSR count). The van der Waals surface area contributed by atoms with Crippen molar-refractivity contribution in [1.29, 1.82) is 0 Å². The summed E-state index contributed by atoms with van der Waals surface area (Å²) in [5.74, 6) is 0.208. The SMILES string of the molecule is C=NCCCNC(=O)C(N)CS. The Labute approximate surface area is 78.0 Å². The highest BCUT2D eigenvalue weighted by molar-refractivity contribution is 7.80. The van der Waals surface area contributed by atoms with E-state index in [1.54, 1.807) is 0 Å². The van der Waals surface area contributed by atoms with E-state index in [-0.39, 0.29) is 5.91 Å². The van der Waals surface area contributed by atoms with Crippen molar-refractivity contribution in [2.45, 2.75) is 12.5 Å². The zero-order valence-corrected chi connectivity index (χ0v) is 7.89. The van der Waals surface area contributed by atoms with Crippen LogP contribution in [0.25, 0.3) is 0 Å². The summed E-state index contributed by atoms with van der Waals surface area (Å²) in [5.41, 5.74) is 5.41. The number of amides is 1. The van der Waals surface area contributed by atoms with E-state index in [0.29, 0.717) is 18.8 Å². The molecule has 12 heavy (non-hydrogen) atoms. The number of aliphatic imine (C=N–C) groups is 1. The molecule has 0 aromatic heterocycles. The second-order valence-corrected chi connectivity index (χ2v) is 2.75. The van der Waals surface area contributed by atoms with Crippen molar-refractivity contribution in [3.63, 3.8) is 0 Å². The summed E-state index contributed by atoms with van der Waals surface area (Å²) in [7, 11) is 0. The number of hydrogen-bond donors (Lipinski definition) is 3. The minimum absolute atomic E-state index is 0.158. The number of carbonyl (C=O) groups excluding carboxylic acids is 1. The van der Waals surface area contributed by atoms with Gasteiger partial charge in [0, 0.05) is 18.8 Å². The molecule has 1 unspecified atom stereocenters. The lowest BCUT2D eigenvalue weighted by Crippen LogP contribution is -2.42. The third kappa shape index (κ3) is 5.15. The number of thiol groups is 1. The van der Waals surface area contributed by atoms with Gasteiger partial charge < -0.3 is 16.0 Å². The monoisotopic (exact) mass is 189 g/mol. The summed E-state index contributed by atoms with van der Waals surface area (Å²) in [6, 6.07) is -0.509. The molecule has 4 nitrogen and oxygen atoms in total. The lowest BCUT2D eigenvalue weighted by molar-refractivity contribution is -0.121. The van der Waals surface area contributed by atoms with Crippen molar-refractivity contribution < 1.29 is 4.79 Å². The Kier molecular flexibility index (Phi) is 6.79. The van der Waals surface area contributed by atoms with Gasteiger partial charge in [0.05, 0.1) is 6.04 Å². The van der Waals surface area contributed by atoms with E-state index in [2.05, 4.69) is 29.7 Å². The molecular weight excluding hydrogens is 174 g/mol. The topological polar surface area (TPSA) is 67.5 Å². The summed E-state index contributed by atoms with van der Waals surface area (Å²) >= 11 is 3.90. The smallest absolute Gasteiger partial charge is 0.237 e. The minimum atomic E-state index is -0.509. The maximum absolute atomic E-state index is 11.0. The molecule has 0 saturated carbocycles. The van der Waals surface area contributed by atoms with Crippen molar-refractivity contribution in [1.82, 2.24) is 5.32 Å². The fourth-order valence-corrected chi connectivity index (χ4v) is 0.782. The molecule has 1 amide bonds. The van der Waals surface area contributed by atoms with Crippen LogP contribution in [0.15, 0.2) is 4.99 Å². The number of rotatable bonds is 6. The Bertz CT molecular complexity index is 152. The Balaban J connectivity index is 3.37. The minimum Gasteiger partial charge on any atom is -0.355 e. The molecule has 0 aliphatic carbocycles. The molecule has 5 heteroatoms. The molecule has 0 aromatic rings. The van der Waals surface area contributed by atoms with Crippen molar-refractivity contribution in [2.24, 2.45) is 10.7 Å². The predicted octanol–water partition coefficient (Wildman–Crippen LogP) is -0.550. The highest BCUT2D eigenvalue weighted by atomic mass is 32.1. The Morgan fingerprint density at radius 1 is 1.75 bits per heavy atom. The maximum atomic E-state index is 11.0. The highest BCUT2D eigenvalue weighted by Crippen LogP contribution is 1.84. The molecule has 0 aliphatic heterocycles. The van der Waals surface area contributed by atoms with Gasteiger partial charge in [-0.15, -0.1) is 0 Å². The average Bonchev–Trinajstić information content (AvgIpc) is 2.10. The van der Waals surface area contributed by atoms with Crippen LogP contribution in [-0.2, 0) is 4.79 Å². The summed E-state index contributed by atoms with van der Waals surface area (Å²) in [4.78, 5) is 14.7. The second-order valence-electron chi connectivity index (χ2n) is 2.38. The molecule has 0 radical (unpaired) electrons. The maximum Gasteiger partial charge on any atom is 0.237 e. The zero-order valence-electron chi connectivity index (χ0n) is 6.99. The lowest BCUT2D eigenvalue weighted by atomic mass is 10.3. The van der Waals surface area contributed by atoms with E-state index in [1.165, 1.54) is 0 Å². The van der Waals surface area contributed by atoms with Crippen molar-refractivity contribution in [2.75, 3.05) is 18.8 Å². The summed E-state index contributed by atoms with van der Waals surface area (Å²) in [5, 5.41) is 2.67. The fraction of sp³-hybridized carbons (Fsp3) is 0.714. The molecule has 0 aromatic carbocycles. The quantitative estimate of drug-likeness (QED) is 0.298. The van der Waals surface area contributed by atoms with Gasteiger partial charge >= 0.3 is 0 Å². The first-order valence-corrected chi connectivity index (χ1v) is 4.42. The predicted molar refractivity (Wildman–Crippen MR) is 53.9 cm³/mol. The van der Waals surface area contributed by atoms with Gasteiger partial charge in [-0.2, -0.15) is 12.6 Å². The van der Waals surface area contributed by atoms with Crippen LogP contribution in [0.2, 0.25) is 0 Å². The standard InChI is InChI=1S/C7H15N3OS/c1-9-3-2-4-10-7(11)6(8)5-12/h6,12H,1-5,8H2,(H,10,11). The number of hydrogen-bond acceptors (Lipinski definition) is 4. The van der Waals surface area contributed by atoms with Gasteiger partial charge in [0.25, 0.3) is 0 Å². The molecule has 3 N–H and O–H groups in total. The van der Waals surface area contributed by atoms with E-state index in [0.717, 1.165) is 6.42 Å². The van der Waals surface area contributed by atoms with Gasteiger partial charge in [-0.05, 0) is 13.1 Å². The highest BCUT2D eigenvalue weighted by Gasteiger charge is 2.09. The lowest BCUT2D eigenvalue weighted by Gasteiger charge is -2.08. The molecule has 1 atom stereocenters. The summed E-state index contributed by atoms with van der Waals surface area (Å²) in [6.45, 7) is 4.59. The summed E-state index contributed by atoms with van der Waals surface area (Å²) in [6.07, 6.45) is 0.800. The third-order valence-electron chi connectivity index (χ3n) is 1.33. The summed E-state index contributed by atoms with van der Waals surface area (Å²) < 4.78 is 0. The first-order valence-electron chi connectivity index (χ1n) is 3.79. The number of nitrogens with one attached hydrogen (secondary N) is 1. The molecule has 0 heterocycles. The van der Waals surface area contributed by atoms with Crippen LogP contribution < -0.4 is 11.1 Å². The normalized spacial score (nSPS) is 12.2. The van der Waals surface area contributed by atoms with Crippen LogP contribution in [0.5, 0.6) is 0 Å². The molecule has 70 valence electrons. The Morgan fingerprint density at radius 2 is 2.42 bits per heavy atom. The Hall–Kier alpha value is -0.550. The van der Waals surface area contributed by atoms with Gasteiger partial charge in [0.15, 0.2) is 0 Å². The van der Waals surface area contributed by atoms with Gasteiger partial charge in [-0.3, -0.25) is 4.79 Å². The third-order valence-corrected chi connectivity index (χ3v) is 1.72. The molecule has 0 spiro atoms. The molecule has 0 bridgehead atoms.